The highest BCUT2D eigenvalue weighted by atomic mass is 32.1. The summed E-state index contributed by atoms with van der Waals surface area (Å²) >= 11 is 1.45. The van der Waals surface area contributed by atoms with Crippen LogP contribution in [0.4, 0.5) is 5.13 Å². The van der Waals surface area contributed by atoms with Gasteiger partial charge in [-0.25, -0.2) is 0 Å². The van der Waals surface area contributed by atoms with E-state index in [1.54, 1.807) is 6.92 Å². The standard InChI is InChI=1S/C15H17N3O2S/c1-9-4-3-5-12(8-9)20-10(2)13(19)16-15-18-17-14(21-15)11-6-7-11/h3-5,8,10-11H,6-7H2,1-2H3,(H,16,18,19). The first kappa shape index (κ1) is 14.0. The lowest BCUT2D eigenvalue weighted by molar-refractivity contribution is -0.122. The Bertz CT molecular complexity index is 652. The van der Waals surface area contributed by atoms with Crippen LogP contribution in [-0.4, -0.2) is 22.2 Å². The normalized spacial score (nSPS) is 15.5. The Kier molecular flexibility index (Phi) is 3.88. The fourth-order valence-corrected chi connectivity index (χ4v) is 2.85. The molecule has 6 heteroatoms. The molecule has 5 nitrogen and oxygen atoms in total. The number of aryl methyl sites for hydroxylation is 1. The van der Waals surface area contributed by atoms with Crippen LogP contribution in [0.15, 0.2) is 24.3 Å². The van der Waals surface area contributed by atoms with Gasteiger partial charge in [-0.15, -0.1) is 10.2 Å². The number of benzene rings is 1. The lowest BCUT2D eigenvalue weighted by atomic mass is 10.2. The second-order valence-corrected chi connectivity index (χ2v) is 6.29. The third-order valence-corrected chi connectivity index (χ3v) is 4.27. The fourth-order valence-electron chi connectivity index (χ4n) is 1.93. The predicted molar refractivity (Wildman–Crippen MR) is 81.8 cm³/mol. The van der Waals surface area contributed by atoms with Crippen molar-refractivity contribution in [3.8, 4) is 5.75 Å². The molecule has 1 heterocycles. The van der Waals surface area contributed by atoms with Gasteiger partial charge in [-0.1, -0.05) is 23.5 Å². The van der Waals surface area contributed by atoms with Gasteiger partial charge in [0, 0.05) is 5.92 Å². The number of anilines is 1. The van der Waals surface area contributed by atoms with Crippen molar-refractivity contribution in [1.82, 2.24) is 10.2 Å². The molecule has 1 aliphatic rings. The van der Waals surface area contributed by atoms with E-state index >= 15 is 0 Å². The first-order chi connectivity index (χ1) is 10.1. The average molecular weight is 303 g/mol. The molecule has 1 unspecified atom stereocenters. The number of nitrogens with zero attached hydrogens (tertiary/aromatic N) is 2. The zero-order valence-corrected chi connectivity index (χ0v) is 12.8. The zero-order valence-electron chi connectivity index (χ0n) is 12.0. The molecule has 0 bridgehead atoms. The number of carbonyl (C=O) groups excluding carboxylic acids is 1. The van der Waals surface area contributed by atoms with Gasteiger partial charge in [0.1, 0.15) is 10.8 Å². The quantitative estimate of drug-likeness (QED) is 0.921. The van der Waals surface area contributed by atoms with Crippen LogP contribution in [0, 0.1) is 6.92 Å². The van der Waals surface area contributed by atoms with Gasteiger partial charge in [-0.3, -0.25) is 10.1 Å². The lowest BCUT2D eigenvalue weighted by Gasteiger charge is -2.13. The van der Waals surface area contributed by atoms with Crippen LogP contribution in [0.25, 0.3) is 0 Å². The van der Waals surface area contributed by atoms with Crippen molar-refractivity contribution in [2.24, 2.45) is 0 Å². The molecule has 1 aliphatic carbocycles. The van der Waals surface area contributed by atoms with Crippen molar-refractivity contribution >= 4 is 22.4 Å². The summed E-state index contributed by atoms with van der Waals surface area (Å²) in [6, 6.07) is 7.63. The van der Waals surface area contributed by atoms with Crippen molar-refractivity contribution in [1.29, 1.82) is 0 Å². The van der Waals surface area contributed by atoms with Gasteiger partial charge >= 0.3 is 0 Å². The molecule has 1 atom stereocenters. The summed E-state index contributed by atoms with van der Waals surface area (Å²) in [6.07, 6.45) is 1.77. The third kappa shape index (κ3) is 3.58. The predicted octanol–water partition coefficient (Wildman–Crippen LogP) is 3.13. The topological polar surface area (TPSA) is 64.1 Å². The van der Waals surface area contributed by atoms with Crippen molar-refractivity contribution in [2.75, 3.05) is 5.32 Å². The minimum absolute atomic E-state index is 0.213. The van der Waals surface area contributed by atoms with Gasteiger partial charge in [0.25, 0.3) is 5.91 Å². The van der Waals surface area contributed by atoms with Gasteiger partial charge in [-0.05, 0) is 44.4 Å². The Morgan fingerprint density at radius 3 is 2.95 bits per heavy atom. The van der Waals surface area contributed by atoms with Crippen molar-refractivity contribution in [2.45, 2.75) is 38.7 Å². The van der Waals surface area contributed by atoms with Gasteiger partial charge < -0.3 is 4.74 Å². The Morgan fingerprint density at radius 2 is 2.24 bits per heavy atom. The van der Waals surface area contributed by atoms with Gasteiger partial charge in [-0.2, -0.15) is 0 Å². The van der Waals surface area contributed by atoms with E-state index in [1.165, 1.54) is 24.2 Å². The molecule has 1 amide bonds. The van der Waals surface area contributed by atoms with E-state index in [0.29, 0.717) is 16.8 Å². The maximum absolute atomic E-state index is 12.1. The maximum atomic E-state index is 12.1. The number of hydrogen-bond donors (Lipinski definition) is 1. The second kappa shape index (κ2) is 5.81. The second-order valence-electron chi connectivity index (χ2n) is 5.29. The number of aromatic nitrogens is 2. The van der Waals surface area contributed by atoms with E-state index in [4.69, 9.17) is 4.74 Å². The van der Waals surface area contributed by atoms with Crippen LogP contribution >= 0.6 is 11.3 Å². The monoisotopic (exact) mass is 303 g/mol. The molecular formula is C15H17N3O2S. The molecule has 21 heavy (non-hydrogen) atoms. The highest BCUT2D eigenvalue weighted by Crippen LogP contribution is 2.42. The van der Waals surface area contributed by atoms with Crippen molar-refractivity contribution < 1.29 is 9.53 Å². The Hall–Kier alpha value is -1.95. The molecule has 0 aliphatic heterocycles. The molecule has 110 valence electrons. The molecule has 1 aromatic carbocycles. The molecule has 0 spiro atoms. The van der Waals surface area contributed by atoms with Crippen molar-refractivity contribution in [3.63, 3.8) is 0 Å². The molecule has 3 rings (SSSR count). The molecule has 0 saturated heterocycles. The van der Waals surface area contributed by atoms with Crippen LogP contribution in [0.2, 0.25) is 0 Å². The van der Waals surface area contributed by atoms with Crippen LogP contribution < -0.4 is 10.1 Å². The number of carbonyl (C=O) groups is 1. The minimum atomic E-state index is -0.583. The number of hydrogen-bond acceptors (Lipinski definition) is 5. The van der Waals surface area contributed by atoms with Crippen molar-refractivity contribution in [3.05, 3.63) is 34.8 Å². The number of nitrogens with one attached hydrogen (secondary N) is 1. The average Bonchev–Trinajstić information content (AvgIpc) is 3.19. The maximum Gasteiger partial charge on any atom is 0.266 e. The van der Waals surface area contributed by atoms with E-state index in [2.05, 4.69) is 15.5 Å². The molecule has 1 saturated carbocycles. The molecule has 2 aromatic rings. The Balaban J connectivity index is 1.58. The van der Waals surface area contributed by atoms with Crippen LogP contribution in [-0.2, 0) is 4.79 Å². The third-order valence-electron chi connectivity index (χ3n) is 3.27. The summed E-state index contributed by atoms with van der Waals surface area (Å²) in [5.41, 5.74) is 1.10. The Labute approximate surface area is 127 Å². The summed E-state index contributed by atoms with van der Waals surface area (Å²) < 4.78 is 5.64. The Morgan fingerprint density at radius 1 is 1.43 bits per heavy atom. The SMILES string of the molecule is Cc1cccc(OC(C)C(=O)Nc2nnc(C3CC3)s2)c1. The zero-order chi connectivity index (χ0) is 14.8. The summed E-state index contributed by atoms with van der Waals surface area (Å²) in [4.78, 5) is 12.1. The van der Waals surface area contributed by atoms with E-state index in [9.17, 15) is 4.79 Å². The molecular weight excluding hydrogens is 286 g/mol. The first-order valence-electron chi connectivity index (χ1n) is 6.99. The fraction of sp³-hybridized carbons (Fsp3) is 0.400. The van der Waals surface area contributed by atoms with E-state index in [-0.39, 0.29) is 5.91 Å². The molecule has 1 aromatic heterocycles. The van der Waals surface area contributed by atoms with Gasteiger partial charge in [0.15, 0.2) is 6.10 Å². The first-order valence-corrected chi connectivity index (χ1v) is 7.81. The van der Waals surface area contributed by atoms with Crippen LogP contribution in [0.3, 0.4) is 0 Å². The van der Waals surface area contributed by atoms with Crippen LogP contribution in [0.5, 0.6) is 5.75 Å². The van der Waals surface area contributed by atoms with Crippen LogP contribution in [0.1, 0.15) is 36.3 Å². The largest absolute Gasteiger partial charge is 0.481 e. The molecule has 0 radical (unpaired) electrons. The number of ether oxygens (including phenoxy) is 1. The minimum Gasteiger partial charge on any atom is -0.481 e. The summed E-state index contributed by atoms with van der Waals surface area (Å²) in [6.45, 7) is 3.71. The molecule has 1 N–H and O–H groups in total. The highest BCUT2D eigenvalue weighted by molar-refractivity contribution is 7.15. The van der Waals surface area contributed by atoms with Gasteiger partial charge in [0.2, 0.25) is 5.13 Å². The highest BCUT2D eigenvalue weighted by Gasteiger charge is 2.28. The number of rotatable bonds is 5. The smallest absolute Gasteiger partial charge is 0.266 e. The van der Waals surface area contributed by atoms with Gasteiger partial charge in [0.05, 0.1) is 0 Å². The summed E-state index contributed by atoms with van der Waals surface area (Å²) in [5, 5.41) is 12.4. The summed E-state index contributed by atoms with van der Waals surface area (Å²) in [7, 11) is 0. The van der Waals surface area contributed by atoms with E-state index in [1.807, 2.05) is 31.2 Å². The molecule has 1 fully saturated rings. The van der Waals surface area contributed by atoms with E-state index in [0.717, 1.165) is 10.6 Å². The van der Waals surface area contributed by atoms with E-state index < -0.39 is 6.10 Å². The lowest BCUT2D eigenvalue weighted by Crippen LogP contribution is -2.30. The number of amides is 1. The summed E-state index contributed by atoms with van der Waals surface area (Å²) in [5.74, 6) is 1.03.